The maximum atomic E-state index is 12.6. The van der Waals surface area contributed by atoms with Crippen molar-refractivity contribution in [3.63, 3.8) is 0 Å². The summed E-state index contributed by atoms with van der Waals surface area (Å²) in [4.78, 5) is 30.6. The molecule has 1 aromatic carbocycles. The fourth-order valence-electron chi connectivity index (χ4n) is 2.30. The number of hydrogen-bond donors (Lipinski definition) is 2. The summed E-state index contributed by atoms with van der Waals surface area (Å²) < 4.78 is 0. The van der Waals surface area contributed by atoms with Crippen LogP contribution >= 0.6 is 27.5 Å². The van der Waals surface area contributed by atoms with Gasteiger partial charge in [0.15, 0.2) is 5.82 Å². The van der Waals surface area contributed by atoms with Crippen molar-refractivity contribution in [2.75, 3.05) is 22.1 Å². The molecule has 0 radical (unpaired) electrons. The highest BCUT2D eigenvalue weighted by molar-refractivity contribution is 9.09. The molecule has 6 nitrogen and oxygen atoms in total. The first-order valence-corrected chi connectivity index (χ1v) is 8.31. The topological polar surface area (TPSA) is 74.3 Å². The van der Waals surface area contributed by atoms with Gasteiger partial charge >= 0.3 is 6.03 Å². The van der Waals surface area contributed by atoms with Crippen LogP contribution in [0.5, 0.6) is 0 Å². The molecule has 3 rings (SSSR count). The number of aromatic nitrogens is 1. The van der Waals surface area contributed by atoms with Crippen LogP contribution in [-0.2, 0) is 0 Å². The van der Waals surface area contributed by atoms with Gasteiger partial charge in [-0.05, 0) is 30.3 Å². The van der Waals surface area contributed by atoms with E-state index in [1.54, 1.807) is 36.5 Å². The van der Waals surface area contributed by atoms with Crippen molar-refractivity contribution in [1.82, 2.24) is 10.3 Å². The number of amides is 3. The number of carbonyl (C=O) groups excluding carboxylic acids is 2. The third kappa shape index (κ3) is 3.02. The number of urea groups is 1. The number of fused-ring (bicyclic) bond motifs is 2. The summed E-state index contributed by atoms with van der Waals surface area (Å²) in [7, 11) is 0. The molecule has 23 heavy (non-hydrogen) atoms. The molecule has 118 valence electrons. The van der Waals surface area contributed by atoms with Crippen LogP contribution in [0.3, 0.4) is 0 Å². The maximum absolute atomic E-state index is 12.6. The Balaban J connectivity index is 2.19. The summed E-state index contributed by atoms with van der Waals surface area (Å²) in [5.41, 5.74) is 1.19. The van der Waals surface area contributed by atoms with Gasteiger partial charge in [0.25, 0.3) is 5.91 Å². The lowest BCUT2D eigenvalue weighted by molar-refractivity contribution is 0.102. The van der Waals surface area contributed by atoms with Gasteiger partial charge in [-0.15, -0.1) is 0 Å². The fourth-order valence-corrected chi connectivity index (χ4v) is 2.66. The number of carbonyl (C=O) groups is 2. The second-order valence-corrected chi connectivity index (χ2v) is 5.98. The van der Waals surface area contributed by atoms with Crippen LogP contribution in [0.15, 0.2) is 36.5 Å². The second-order valence-electron chi connectivity index (χ2n) is 4.75. The summed E-state index contributed by atoms with van der Waals surface area (Å²) in [6, 6.07) is 7.77. The highest BCUT2D eigenvalue weighted by atomic mass is 79.9. The van der Waals surface area contributed by atoms with Gasteiger partial charge in [0.1, 0.15) is 0 Å². The van der Waals surface area contributed by atoms with Crippen LogP contribution in [0.1, 0.15) is 10.4 Å². The van der Waals surface area contributed by atoms with Crippen molar-refractivity contribution in [3.05, 3.63) is 47.1 Å². The molecule has 8 heteroatoms. The lowest BCUT2D eigenvalue weighted by atomic mass is 10.1. The van der Waals surface area contributed by atoms with E-state index in [9.17, 15) is 9.59 Å². The van der Waals surface area contributed by atoms with E-state index in [0.717, 1.165) is 0 Å². The van der Waals surface area contributed by atoms with E-state index in [4.69, 9.17) is 11.6 Å². The van der Waals surface area contributed by atoms with E-state index in [1.807, 2.05) is 0 Å². The summed E-state index contributed by atoms with van der Waals surface area (Å²) in [5, 5.41) is 6.56. The number of hydrogen-bond acceptors (Lipinski definition) is 3. The zero-order chi connectivity index (χ0) is 16.4. The van der Waals surface area contributed by atoms with Gasteiger partial charge in [-0.3, -0.25) is 4.79 Å². The highest BCUT2D eigenvalue weighted by Gasteiger charge is 2.30. The molecule has 1 aliphatic rings. The van der Waals surface area contributed by atoms with Gasteiger partial charge in [0.05, 0.1) is 16.9 Å². The zero-order valence-electron chi connectivity index (χ0n) is 11.8. The van der Waals surface area contributed by atoms with Gasteiger partial charge in [-0.1, -0.05) is 27.5 Å². The average Bonchev–Trinajstić information content (AvgIpc) is 2.66. The minimum Gasteiger partial charge on any atom is -0.337 e. The van der Waals surface area contributed by atoms with Crippen molar-refractivity contribution in [1.29, 1.82) is 0 Å². The largest absolute Gasteiger partial charge is 0.337 e. The number of nitrogens with one attached hydrogen (secondary N) is 2. The Morgan fingerprint density at radius 2 is 2.22 bits per heavy atom. The first-order chi connectivity index (χ1) is 11.1. The number of anilines is 3. The van der Waals surface area contributed by atoms with Gasteiger partial charge < -0.3 is 10.6 Å². The van der Waals surface area contributed by atoms with Gasteiger partial charge in [-0.25, -0.2) is 14.7 Å². The molecule has 0 spiro atoms. The summed E-state index contributed by atoms with van der Waals surface area (Å²) in [6.07, 6.45) is 1.56. The third-order valence-electron chi connectivity index (χ3n) is 3.27. The first kappa shape index (κ1) is 15.8. The molecule has 2 N–H and O–H groups in total. The predicted molar refractivity (Wildman–Crippen MR) is 93.0 cm³/mol. The number of halogens is 2. The van der Waals surface area contributed by atoms with Crippen LogP contribution in [0.4, 0.5) is 22.0 Å². The average molecular weight is 396 g/mol. The van der Waals surface area contributed by atoms with Crippen molar-refractivity contribution in [3.8, 4) is 0 Å². The molecule has 0 saturated heterocycles. The Hall–Kier alpha value is -2.12. The standard InChI is InChI=1S/C15H12BrClN4O2/c16-5-7-19-15(23)21-12-8-9(17)3-4-10(12)14(22)20-11-2-1-6-18-13(11)21/h1-4,6,8H,5,7H2,(H,19,23)(H,20,22). The van der Waals surface area contributed by atoms with Gasteiger partial charge in [-0.2, -0.15) is 0 Å². The van der Waals surface area contributed by atoms with Gasteiger partial charge in [0, 0.05) is 23.1 Å². The normalized spacial score (nSPS) is 12.8. The zero-order valence-corrected chi connectivity index (χ0v) is 14.2. The maximum Gasteiger partial charge on any atom is 0.327 e. The summed E-state index contributed by atoms with van der Waals surface area (Å²) in [5.74, 6) is 0.0237. The fraction of sp³-hybridized carbons (Fsp3) is 0.133. The van der Waals surface area contributed by atoms with Crippen LogP contribution in [0.2, 0.25) is 5.02 Å². The molecule has 1 aliphatic heterocycles. The van der Waals surface area contributed by atoms with Crippen molar-refractivity contribution in [2.45, 2.75) is 0 Å². The van der Waals surface area contributed by atoms with Crippen LogP contribution < -0.4 is 15.5 Å². The smallest absolute Gasteiger partial charge is 0.327 e. The molecule has 0 unspecified atom stereocenters. The molecule has 2 heterocycles. The molecular formula is C15H12BrClN4O2. The Kier molecular flexibility index (Phi) is 4.49. The predicted octanol–water partition coefficient (Wildman–Crippen LogP) is 3.54. The molecule has 1 aromatic heterocycles. The molecule has 0 bridgehead atoms. The monoisotopic (exact) mass is 394 g/mol. The Bertz CT molecular complexity index is 784. The molecule has 3 amide bonds. The van der Waals surface area contributed by atoms with Crippen LogP contribution in [0.25, 0.3) is 0 Å². The summed E-state index contributed by atoms with van der Waals surface area (Å²) >= 11 is 9.33. The van der Waals surface area contributed by atoms with Gasteiger partial charge in [0.2, 0.25) is 0 Å². The lowest BCUT2D eigenvalue weighted by Gasteiger charge is -2.23. The highest BCUT2D eigenvalue weighted by Crippen LogP contribution is 2.37. The Labute approximate surface area is 146 Å². The first-order valence-electron chi connectivity index (χ1n) is 6.81. The number of rotatable bonds is 2. The summed E-state index contributed by atoms with van der Waals surface area (Å²) in [6.45, 7) is 0.439. The van der Waals surface area contributed by atoms with Crippen molar-refractivity contribution in [2.24, 2.45) is 0 Å². The van der Waals surface area contributed by atoms with E-state index in [-0.39, 0.29) is 11.9 Å². The third-order valence-corrected chi connectivity index (χ3v) is 3.90. The molecule has 0 fully saturated rings. The quantitative estimate of drug-likeness (QED) is 0.764. The van der Waals surface area contributed by atoms with Crippen LogP contribution in [-0.4, -0.2) is 28.8 Å². The molecule has 2 aromatic rings. The number of alkyl halides is 1. The number of benzene rings is 1. The van der Waals surface area contributed by atoms with Crippen LogP contribution in [0, 0.1) is 0 Å². The van der Waals surface area contributed by atoms with E-state index >= 15 is 0 Å². The molecule has 0 aliphatic carbocycles. The number of nitrogens with zero attached hydrogens (tertiary/aromatic N) is 2. The SMILES string of the molecule is O=C1Nc2cccnc2N(C(=O)NCCBr)c2cc(Cl)ccc21. The Morgan fingerprint density at radius 3 is 3.00 bits per heavy atom. The molecular weight excluding hydrogens is 384 g/mol. The van der Waals surface area contributed by atoms with Crippen molar-refractivity contribution >= 4 is 56.7 Å². The van der Waals surface area contributed by atoms with E-state index in [2.05, 4.69) is 31.5 Å². The second kappa shape index (κ2) is 6.55. The molecule has 0 atom stereocenters. The minimum atomic E-state index is -0.385. The Morgan fingerprint density at radius 1 is 1.39 bits per heavy atom. The van der Waals surface area contributed by atoms with E-state index < -0.39 is 0 Å². The van der Waals surface area contributed by atoms with E-state index in [1.165, 1.54) is 4.90 Å². The van der Waals surface area contributed by atoms with Crippen molar-refractivity contribution < 1.29 is 9.59 Å². The number of pyridine rings is 1. The lowest BCUT2D eigenvalue weighted by Crippen LogP contribution is -2.38. The van der Waals surface area contributed by atoms with E-state index in [0.29, 0.717) is 39.7 Å². The molecule has 0 saturated carbocycles. The minimum absolute atomic E-state index is 0.318.